The monoisotopic (exact) mass is 348 g/mol. The first-order chi connectivity index (χ1) is 12.2. The molecule has 2 nitrogen and oxygen atoms in total. The summed E-state index contributed by atoms with van der Waals surface area (Å²) in [5.74, 6) is 4.86. The van der Waals surface area contributed by atoms with Crippen LogP contribution in [0.5, 0.6) is 0 Å². The van der Waals surface area contributed by atoms with Gasteiger partial charge in [-0.15, -0.1) is 0 Å². The van der Waals surface area contributed by atoms with Gasteiger partial charge in [-0.2, -0.15) is 0 Å². The first-order valence-corrected chi connectivity index (χ1v) is 11.4. The van der Waals surface area contributed by atoms with Crippen LogP contribution >= 0.6 is 0 Å². The Labute approximate surface area is 155 Å². The van der Waals surface area contributed by atoms with Crippen molar-refractivity contribution in [2.45, 2.75) is 110 Å². The van der Waals surface area contributed by atoms with Crippen LogP contribution in [0.4, 0.5) is 0 Å². The summed E-state index contributed by atoms with van der Waals surface area (Å²) in [5.41, 5.74) is 0. The minimum absolute atomic E-state index is 0.0608. The van der Waals surface area contributed by atoms with Crippen LogP contribution in [0.25, 0.3) is 0 Å². The lowest BCUT2D eigenvalue weighted by molar-refractivity contribution is -0.153. The van der Waals surface area contributed by atoms with Crippen molar-refractivity contribution in [3.8, 4) is 0 Å². The zero-order valence-corrected chi connectivity index (χ0v) is 16.7. The molecular weight excluding hydrogens is 308 g/mol. The lowest BCUT2D eigenvalue weighted by Crippen LogP contribution is -2.43. The third kappa shape index (κ3) is 5.01. The molecular formula is C23H40O2. The van der Waals surface area contributed by atoms with Gasteiger partial charge in [0.1, 0.15) is 6.10 Å². The Balaban J connectivity index is 1.46. The highest BCUT2D eigenvalue weighted by molar-refractivity contribution is 5.69. The van der Waals surface area contributed by atoms with Crippen LogP contribution < -0.4 is 0 Å². The normalized spacial score (nSPS) is 37.8. The Morgan fingerprint density at radius 3 is 2.28 bits per heavy atom. The second-order valence-electron chi connectivity index (χ2n) is 9.27. The molecule has 4 unspecified atom stereocenters. The van der Waals surface area contributed by atoms with Gasteiger partial charge in [0.15, 0.2) is 0 Å². The van der Waals surface area contributed by atoms with E-state index in [1.54, 1.807) is 0 Å². The highest BCUT2D eigenvalue weighted by Gasteiger charge is 2.44. The van der Waals surface area contributed by atoms with E-state index < -0.39 is 0 Å². The first-order valence-electron chi connectivity index (χ1n) is 11.4. The molecule has 25 heavy (non-hydrogen) atoms. The number of fused-ring (bicyclic) bond motifs is 3. The second-order valence-corrected chi connectivity index (χ2v) is 9.27. The zero-order valence-electron chi connectivity index (χ0n) is 16.7. The molecule has 0 amide bonds. The molecule has 0 N–H and O–H groups in total. The fraction of sp³-hybridized carbons (Fsp3) is 0.957. The predicted molar refractivity (Wildman–Crippen MR) is 103 cm³/mol. The van der Waals surface area contributed by atoms with Gasteiger partial charge in [-0.25, -0.2) is 0 Å². The molecule has 0 radical (unpaired) electrons. The molecule has 3 rings (SSSR count). The molecule has 3 fully saturated rings. The van der Waals surface area contributed by atoms with Crippen molar-refractivity contribution in [2.24, 2.45) is 29.6 Å². The molecule has 3 aliphatic rings. The quantitative estimate of drug-likeness (QED) is 0.386. The molecule has 0 bridgehead atoms. The molecule has 2 heteroatoms. The van der Waals surface area contributed by atoms with E-state index in [0.29, 0.717) is 6.42 Å². The number of esters is 1. The molecule has 6 atom stereocenters. The van der Waals surface area contributed by atoms with Gasteiger partial charge < -0.3 is 4.74 Å². The summed E-state index contributed by atoms with van der Waals surface area (Å²) in [6.07, 6.45) is 17.9. The van der Waals surface area contributed by atoms with Crippen LogP contribution in [0.2, 0.25) is 0 Å². The van der Waals surface area contributed by atoms with Gasteiger partial charge in [0, 0.05) is 6.42 Å². The summed E-state index contributed by atoms with van der Waals surface area (Å²) in [6, 6.07) is 0. The second kappa shape index (κ2) is 9.42. The number of hydrogen-bond donors (Lipinski definition) is 0. The lowest BCUT2D eigenvalue weighted by Gasteiger charge is -2.50. The summed E-state index contributed by atoms with van der Waals surface area (Å²) in [7, 11) is 0. The van der Waals surface area contributed by atoms with Crippen molar-refractivity contribution >= 4 is 5.97 Å². The minimum atomic E-state index is 0.0608. The zero-order chi connectivity index (χ0) is 17.6. The molecule has 0 spiro atoms. The number of hydrogen-bond acceptors (Lipinski definition) is 2. The van der Waals surface area contributed by atoms with E-state index in [1.807, 2.05) is 0 Å². The Kier molecular flexibility index (Phi) is 7.25. The van der Waals surface area contributed by atoms with Crippen LogP contribution in [0.1, 0.15) is 104 Å². The summed E-state index contributed by atoms with van der Waals surface area (Å²) < 4.78 is 5.83. The number of carbonyl (C=O) groups excluding carboxylic acids is 1. The largest absolute Gasteiger partial charge is 0.462 e. The maximum absolute atomic E-state index is 12.0. The smallest absolute Gasteiger partial charge is 0.306 e. The average molecular weight is 349 g/mol. The SMILES string of the molecule is CCCCCC(=O)O[C@H]1CCC2C(CCC3C[C@@H](CCC)CCC32)C1. The molecule has 3 aliphatic carbocycles. The van der Waals surface area contributed by atoms with E-state index in [4.69, 9.17) is 4.74 Å². The Hall–Kier alpha value is -0.530. The molecule has 0 aliphatic heterocycles. The maximum Gasteiger partial charge on any atom is 0.306 e. The van der Waals surface area contributed by atoms with Gasteiger partial charge in [-0.1, -0.05) is 46.0 Å². The molecule has 0 aromatic carbocycles. The van der Waals surface area contributed by atoms with E-state index in [-0.39, 0.29) is 12.1 Å². The molecule has 144 valence electrons. The van der Waals surface area contributed by atoms with Crippen LogP contribution in [-0.4, -0.2) is 12.1 Å². The van der Waals surface area contributed by atoms with E-state index in [0.717, 1.165) is 55.3 Å². The van der Waals surface area contributed by atoms with Crippen molar-refractivity contribution < 1.29 is 9.53 Å². The topological polar surface area (TPSA) is 26.3 Å². The summed E-state index contributed by atoms with van der Waals surface area (Å²) in [5, 5.41) is 0. The molecule has 3 saturated carbocycles. The number of ether oxygens (including phenoxy) is 1. The van der Waals surface area contributed by atoms with Crippen LogP contribution in [0.3, 0.4) is 0 Å². The Bertz CT molecular complexity index is 418. The summed E-state index contributed by atoms with van der Waals surface area (Å²) >= 11 is 0. The van der Waals surface area contributed by atoms with Gasteiger partial charge in [0.05, 0.1) is 0 Å². The number of unbranched alkanes of at least 4 members (excludes halogenated alkanes) is 2. The van der Waals surface area contributed by atoms with E-state index in [2.05, 4.69) is 13.8 Å². The van der Waals surface area contributed by atoms with Crippen molar-refractivity contribution in [2.75, 3.05) is 0 Å². The Morgan fingerprint density at radius 2 is 1.56 bits per heavy atom. The number of rotatable bonds is 7. The predicted octanol–water partition coefficient (Wildman–Crippen LogP) is 6.52. The minimum Gasteiger partial charge on any atom is -0.462 e. The third-order valence-corrected chi connectivity index (χ3v) is 7.58. The van der Waals surface area contributed by atoms with Crippen molar-refractivity contribution in [1.29, 1.82) is 0 Å². The van der Waals surface area contributed by atoms with Crippen LogP contribution in [0, 0.1) is 29.6 Å². The van der Waals surface area contributed by atoms with Gasteiger partial charge in [0.2, 0.25) is 0 Å². The summed E-state index contributed by atoms with van der Waals surface area (Å²) in [6.45, 7) is 4.52. The number of carbonyl (C=O) groups is 1. The maximum atomic E-state index is 12.0. The van der Waals surface area contributed by atoms with Crippen LogP contribution in [0.15, 0.2) is 0 Å². The van der Waals surface area contributed by atoms with Gasteiger partial charge >= 0.3 is 5.97 Å². The van der Waals surface area contributed by atoms with Gasteiger partial charge in [-0.05, 0) is 81.0 Å². The molecule has 0 saturated heterocycles. The first kappa shape index (κ1) is 19.2. The van der Waals surface area contributed by atoms with Crippen molar-refractivity contribution in [3.05, 3.63) is 0 Å². The van der Waals surface area contributed by atoms with Crippen molar-refractivity contribution in [1.82, 2.24) is 0 Å². The van der Waals surface area contributed by atoms with E-state index in [1.165, 1.54) is 57.8 Å². The molecule has 0 aromatic heterocycles. The Morgan fingerprint density at radius 1 is 0.840 bits per heavy atom. The highest BCUT2D eigenvalue weighted by atomic mass is 16.5. The van der Waals surface area contributed by atoms with Gasteiger partial charge in [0.25, 0.3) is 0 Å². The fourth-order valence-corrected chi connectivity index (χ4v) is 6.39. The van der Waals surface area contributed by atoms with Gasteiger partial charge in [-0.3, -0.25) is 4.79 Å². The third-order valence-electron chi connectivity index (χ3n) is 7.58. The van der Waals surface area contributed by atoms with E-state index in [9.17, 15) is 4.79 Å². The average Bonchev–Trinajstić information content (AvgIpc) is 2.62. The van der Waals surface area contributed by atoms with Crippen LogP contribution in [-0.2, 0) is 9.53 Å². The summed E-state index contributed by atoms with van der Waals surface area (Å²) in [4.78, 5) is 12.0. The highest BCUT2D eigenvalue weighted by Crippen LogP contribution is 2.53. The standard InChI is InChI=1S/C23H40O2/c1-3-5-6-8-23(24)25-20-12-14-22-19(16-20)11-10-18-15-17(7-4-2)9-13-21(18)22/h17-22H,3-16H2,1-2H3/t17-,18?,19?,20-,21?,22?/m0/s1. The lowest BCUT2D eigenvalue weighted by atomic mass is 9.56. The van der Waals surface area contributed by atoms with Crippen molar-refractivity contribution in [3.63, 3.8) is 0 Å². The fourth-order valence-electron chi connectivity index (χ4n) is 6.39. The van der Waals surface area contributed by atoms with E-state index >= 15 is 0 Å². The molecule has 0 heterocycles. The molecule has 0 aromatic rings.